The molecular weight excluding hydrogens is 610 g/mol. The zero-order valence-electron chi connectivity index (χ0n) is 23.2. The largest absolute Gasteiger partial charge is 0.376 e. The smallest absolute Gasteiger partial charge is 0.162 e. The molecule has 2 aromatic carbocycles. The Labute approximate surface area is 260 Å². The van der Waals surface area contributed by atoms with Crippen molar-refractivity contribution in [3.05, 3.63) is 79.8 Å². The van der Waals surface area contributed by atoms with Crippen LogP contribution < -0.4 is 0 Å². The maximum absolute atomic E-state index is 14.8. The van der Waals surface area contributed by atoms with Crippen LogP contribution in [0.4, 0.5) is 0 Å². The van der Waals surface area contributed by atoms with E-state index in [2.05, 4.69) is 6.58 Å². The van der Waals surface area contributed by atoms with Crippen molar-refractivity contribution in [1.29, 1.82) is 0 Å². The number of hydrogen-bond donors (Lipinski definition) is 0. The number of rotatable bonds is 10. The van der Waals surface area contributed by atoms with E-state index in [4.69, 9.17) is 65.4 Å². The van der Waals surface area contributed by atoms with Gasteiger partial charge in [-0.1, -0.05) is 72.0 Å². The van der Waals surface area contributed by atoms with E-state index in [1.807, 2.05) is 20.8 Å². The molecule has 220 valence electrons. The van der Waals surface area contributed by atoms with Crippen molar-refractivity contribution >= 4 is 58.0 Å². The molecule has 1 saturated heterocycles. The van der Waals surface area contributed by atoms with Gasteiger partial charge < -0.3 is 18.9 Å². The SMILES string of the molecule is C=C1C(=O)C[C@]23O[C@H](OCC)C[C@]12C(=O)[C@](C)(COCc1c(Cl)cccc1Cl)[C@]3(C)COCc1c(Cl)cccc1Cl. The molecule has 5 rings (SSSR count). The van der Waals surface area contributed by atoms with E-state index in [0.717, 1.165) is 0 Å². The van der Waals surface area contributed by atoms with Crippen LogP contribution >= 0.6 is 46.4 Å². The first-order valence-corrected chi connectivity index (χ1v) is 15.0. The van der Waals surface area contributed by atoms with Gasteiger partial charge in [0.15, 0.2) is 17.9 Å². The Balaban J connectivity index is 1.53. The summed E-state index contributed by atoms with van der Waals surface area (Å²) in [5.74, 6) is -0.366. The maximum Gasteiger partial charge on any atom is 0.162 e. The highest BCUT2D eigenvalue weighted by atomic mass is 35.5. The Morgan fingerprint density at radius 1 is 0.902 bits per heavy atom. The minimum absolute atomic E-state index is 0.00767. The lowest BCUT2D eigenvalue weighted by molar-refractivity contribution is -0.232. The van der Waals surface area contributed by atoms with Crippen molar-refractivity contribution in [2.45, 2.75) is 58.7 Å². The predicted molar refractivity (Wildman–Crippen MR) is 159 cm³/mol. The van der Waals surface area contributed by atoms with E-state index in [1.54, 1.807) is 36.4 Å². The van der Waals surface area contributed by atoms with Crippen molar-refractivity contribution in [2.24, 2.45) is 16.2 Å². The molecule has 3 aliphatic rings. The fourth-order valence-corrected chi connectivity index (χ4v) is 8.14. The van der Waals surface area contributed by atoms with Crippen molar-refractivity contribution in [3.63, 3.8) is 0 Å². The molecular formula is C31H32Cl4O6. The van der Waals surface area contributed by atoms with Crippen LogP contribution in [0.25, 0.3) is 0 Å². The summed E-state index contributed by atoms with van der Waals surface area (Å²) in [5, 5.41) is 1.88. The van der Waals surface area contributed by atoms with Gasteiger partial charge in [0.2, 0.25) is 0 Å². The molecule has 3 fully saturated rings. The summed E-state index contributed by atoms with van der Waals surface area (Å²) in [4.78, 5) is 28.0. The number of ether oxygens (including phenoxy) is 4. The van der Waals surface area contributed by atoms with Crippen LogP contribution in [0.15, 0.2) is 48.6 Å². The van der Waals surface area contributed by atoms with E-state index >= 15 is 0 Å². The second-order valence-electron chi connectivity index (χ2n) is 11.4. The second kappa shape index (κ2) is 11.2. The van der Waals surface area contributed by atoms with Crippen LogP contribution in [-0.4, -0.2) is 43.3 Å². The van der Waals surface area contributed by atoms with Gasteiger partial charge in [0.25, 0.3) is 0 Å². The number of Topliss-reactive ketones (excluding diaryl/α,β-unsaturated/α-hetero) is 2. The monoisotopic (exact) mass is 640 g/mol. The second-order valence-corrected chi connectivity index (χ2v) is 13.0. The van der Waals surface area contributed by atoms with Gasteiger partial charge in [-0.3, -0.25) is 9.59 Å². The van der Waals surface area contributed by atoms with Crippen molar-refractivity contribution < 1.29 is 28.5 Å². The summed E-state index contributed by atoms with van der Waals surface area (Å²) in [7, 11) is 0. The van der Waals surface area contributed by atoms with Gasteiger partial charge in [0, 0.05) is 61.7 Å². The lowest BCUT2D eigenvalue weighted by Crippen LogP contribution is -2.56. The van der Waals surface area contributed by atoms with Gasteiger partial charge in [-0.2, -0.15) is 0 Å². The molecule has 1 heterocycles. The van der Waals surface area contributed by atoms with E-state index < -0.39 is 28.1 Å². The molecule has 2 saturated carbocycles. The molecule has 2 aliphatic carbocycles. The molecule has 6 nitrogen and oxygen atoms in total. The van der Waals surface area contributed by atoms with E-state index in [-0.39, 0.29) is 56.4 Å². The highest BCUT2D eigenvalue weighted by Gasteiger charge is 2.86. The summed E-state index contributed by atoms with van der Waals surface area (Å²) in [6, 6.07) is 10.5. The normalized spacial score (nSPS) is 32.6. The fourth-order valence-electron chi connectivity index (χ4n) is 7.12. The van der Waals surface area contributed by atoms with Crippen LogP contribution in [0, 0.1) is 16.2 Å². The molecule has 1 aliphatic heterocycles. The summed E-state index contributed by atoms with van der Waals surface area (Å²) in [6.45, 7) is 10.4. The molecule has 5 atom stereocenters. The first-order chi connectivity index (χ1) is 19.4. The van der Waals surface area contributed by atoms with E-state index in [0.29, 0.717) is 37.8 Å². The molecule has 2 aromatic rings. The number of carbonyl (C=O) groups excluding carboxylic acids is 2. The molecule has 41 heavy (non-hydrogen) atoms. The van der Waals surface area contributed by atoms with E-state index in [1.165, 1.54) is 0 Å². The lowest BCUT2D eigenvalue weighted by atomic mass is 9.61. The summed E-state index contributed by atoms with van der Waals surface area (Å²) >= 11 is 25.6. The number of benzene rings is 2. The standard InChI is InChI=1S/C31H32Cl4O6/c1-5-40-26-13-30-18(2)25(36)12-31(30,41-26)29(4,17-39-15-20-23(34)10-7-11-24(20)35)28(3,27(30)37)16-38-14-19-21(32)8-6-9-22(19)33/h6-11,26H,2,5,12-17H2,1,3-4H3/t26-,28-,29-,30+,31+/m0/s1. The predicted octanol–water partition coefficient (Wildman–Crippen LogP) is 7.67. The van der Waals surface area contributed by atoms with Crippen molar-refractivity contribution in [2.75, 3.05) is 19.8 Å². The topological polar surface area (TPSA) is 71.1 Å². The molecule has 0 spiro atoms. The minimum atomic E-state index is -1.27. The molecule has 0 N–H and O–H groups in total. The zero-order valence-corrected chi connectivity index (χ0v) is 26.2. The Hall–Kier alpha value is -1.48. The molecule has 0 radical (unpaired) electrons. The first-order valence-electron chi connectivity index (χ1n) is 13.5. The van der Waals surface area contributed by atoms with Gasteiger partial charge in [-0.15, -0.1) is 0 Å². The lowest BCUT2D eigenvalue weighted by Gasteiger charge is -2.48. The van der Waals surface area contributed by atoms with Crippen LogP contribution in [0.1, 0.15) is 44.7 Å². The Kier molecular flexibility index (Phi) is 8.47. The Morgan fingerprint density at radius 2 is 1.41 bits per heavy atom. The summed E-state index contributed by atoms with van der Waals surface area (Å²) in [5.41, 5.74) is -3.20. The summed E-state index contributed by atoms with van der Waals surface area (Å²) in [6.07, 6.45) is -0.486. The van der Waals surface area contributed by atoms with Crippen LogP contribution in [0.3, 0.4) is 0 Å². The highest BCUT2D eigenvalue weighted by Crippen LogP contribution is 2.76. The average molecular weight is 642 g/mol. The Bertz CT molecular complexity index is 1370. The first kappa shape index (κ1) is 31.0. The third kappa shape index (κ3) is 4.44. The summed E-state index contributed by atoms with van der Waals surface area (Å²) < 4.78 is 25.0. The number of ketones is 2. The van der Waals surface area contributed by atoms with Gasteiger partial charge in [0.05, 0.1) is 37.3 Å². The maximum atomic E-state index is 14.8. The Morgan fingerprint density at radius 3 is 1.93 bits per heavy atom. The third-order valence-corrected chi connectivity index (χ3v) is 10.9. The third-order valence-electron chi connectivity index (χ3n) is 9.50. The molecule has 0 unspecified atom stereocenters. The van der Waals surface area contributed by atoms with Crippen LogP contribution in [0.2, 0.25) is 20.1 Å². The molecule has 0 bridgehead atoms. The molecule has 0 amide bonds. The number of carbonyl (C=O) groups is 2. The zero-order chi connectivity index (χ0) is 29.8. The van der Waals surface area contributed by atoms with Crippen LogP contribution in [-0.2, 0) is 41.8 Å². The van der Waals surface area contributed by atoms with Crippen LogP contribution in [0.5, 0.6) is 0 Å². The van der Waals surface area contributed by atoms with Gasteiger partial charge in [-0.25, -0.2) is 0 Å². The number of halogens is 4. The number of hydrogen-bond acceptors (Lipinski definition) is 6. The average Bonchev–Trinajstić information content (AvgIpc) is 3.39. The van der Waals surface area contributed by atoms with Gasteiger partial charge in [0.1, 0.15) is 5.60 Å². The van der Waals surface area contributed by atoms with Crippen molar-refractivity contribution in [3.8, 4) is 0 Å². The minimum Gasteiger partial charge on any atom is -0.376 e. The van der Waals surface area contributed by atoms with Gasteiger partial charge >= 0.3 is 0 Å². The quantitative estimate of drug-likeness (QED) is 0.248. The fraction of sp³-hybridized carbons (Fsp3) is 0.484. The highest BCUT2D eigenvalue weighted by molar-refractivity contribution is 6.36. The molecule has 0 aromatic heterocycles. The molecule has 10 heteroatoms. The van der Waals surface area contributed by atoms with Gasteiger partial charge in [-0.05, 0) is 38.1 Å². The van der Waals surface area contributed by atoms with Crippen molar-refractivity contribution in [1.82, 2.24) is 0 Å². The van der Waals surface area contributed by atoms with E-state index in [9.17, 15) is 9.59 Å².